The molecule has 100 valence electrons. The molecular formula is C15H18N2OS. The van der Waals surface area contributed by atoms with Gasteiger partial charge in [-0.15, -0.1) is 11.3 Å². The molecule has 19 heavy (non-hydrogen) atoms. The SMILES string of the molecule is CCCC1CCc2[nH]nc(-c3ccc(C=O)s3)c2C1. The average Bonchev–Trinajstić information content (AvgIpc) is 3.04. The van der Waals surface area contributed by atoms with E-state index in [-0.39, 0.29) is 0 Å². The lowest BCUT2D eigenvalue weighted by atomic mass is 9.84. The van der Waals surface area contributed by atoms with Crippen LogP contribution in [0, 0.1) is 5.92 Å². The predicted octanol–water partition coefficient (Wildman–Crippen LogP) is 3.86. The van der Waals surface area contributed by atoms with Gasteiger partial charge in [0.2, 0.25) is 0 Å². The molecule has 3 rings (SSSR count). The van der Waals surface area contributed by atoms with Gasteiger partial charge in [0.25, 0.3) is 0 Å². The summed E-state index contributed by atoms with van der Waals surface area (Å²) in [6.07, 6.45) is 6.97. The van der Waals surface area contributed by atoms with Gasteiger partial charge in [-0.25, -0.2) is 0 Å². The zero-order chi connectivity index (χ0) is 13.2. The van der Waals surface area contributed by atoms with E-state index < -0.39 is 0 Å². The maximum absolute atomic E-state index is 10.8. The number of aromatic amines is 1. The maximum Gasteiger partial charge on any atom is 0.160 e. The lowest BCUT2D eigenvalue weighted by molar-refractivity contribution is 0.112. The van der Waals surface area contributed by atoms with Crippen LogP contribution in [0.25, 0.3) is 10.6 Å². The Balaban J connectivity index is 1.92. The number of hydrogen-bond acceptors (Lipinski definition) is 3. The van der Waals surface area contributed by atoms with Crippen molar-refractivity contribution in [1.29, 1.82) is 0 Å². The van der Waals surface area contributed by atoms with E-state index in [2.05, 4.69) is 17.1 Å². The topological polar surface area (TPSA) is 45.8 Å². The minimum Gasteiger partial charge on any atom is -0.297 e. The fraction of sp³-hybridized carbons (Fsp3) is 0.467. The normalized spacial score (nSPS) is 18.3. The van der Waals surface area contributed by atoms with Crippen molar-refractivity contribution in [2.24, 2.45) is 5.92 Å². The Hall–Kier alpha value is -1.42. The highest BCUT2D eigenvalue weighted by Crippen LogP contribution is 2.36. The van der Waals surface area contributed by atoms with E-state index in [1.54, 1.807) is 0 Å². The second-order valence-corrected chi connectivity index (χ2v) is 6.36. The van der Waals surface area contributed by atoms with Gasteiger partial charge in [-0.2, -0.15) is 5.10 Å². The fourth-order valence-corrected chi connectivity index (χ4v) is 3.81. The van der Waals surface area contributed by atoms with Crippen LogP contribution in [0.15, 0.2) is 12.1 Å². The third-order valence-electron chi connectivity index (χ3n) is 3.92. The molecule has 2 aromatic rings. The Morgan fingerprint density at radius 3 is 3.16 bits per heavy atom. The van der Waals surface area contributed by atoms with Gasteiger partial charge in [0, 0.05) is 11.3 Å². The molecule has 2 aromatic heterocycles. The molecule has 0 aliphatic heterocycles. The van der Waals surface area contributed by atoms with E-state index in [0.717, 1.165) is 40.5 Å². The minimum atomic E-state index is 0.771. The number of carbonyl (C=O) groups is 1. The van der Waals surface area contributed by atoms with E-state index in [9.17, 15) is 4.79 Å². The molecule has 4 heteroatoms. The third-order valence-corrected chi connectivity index (χ3v) is 4.94. The van der Waals surface area contributed by atoms with Crippen molar-refractivity contribution in [3.63, 3.8) is 0 Å². The largest absolute Gasteiger partial charge is 0.297 e. The monoisotopic (exact) mass is 274 g/mol. The second-order valence-electron chi connectivity index (χ2n) is 5.25. The number of hydrogen-bond donors (Lipinski definition) is 1. The molecule has 3 nitrogen and oxygen atoms in total. The number of aldehydes is 1. The number of aromatic nitrogens is 2. The number of aryl methyl sites for hydroxylation is 1. The van der Waals surface area contributed by atoms with Crippen LogP contribution in [0.5, 0.6) is 0 Å². The van der Waals surface area contributed by atoms with Crippen molar-refractivity contribution in [3.05, 3.63) is 28.3 Å². The number of rotatable bonds is 4. The van der Waals surface area contributed by atoms with E-state index in [1.807, 2.05) is 12.1 Å². The van der Waals surface area contributed by atoms with Crippen molar-refractivity contribution >= 4 is 17.6 Å². The molecule has 0 saturated carbocycles. The molecule has 1 aliphatic rings. The first-order valence-corrected chi connectivity index (χ1v) is 7.75. The van der Waals surface area contributed by atoms with Crippen molar-refractivity contribution < 1.29 is 4.79 Å². The molecule has 1 aliphatic carbocycles. The number of H-pyrrole nitrogens is 1. The van der Waals surface area contributed by atoms with Crippen molar-refractivity contribution in [2.45, 2.75) is 39.0 Å². The lowest BCUT2D eigenvalue weighted by Gasteiger charge is -2.21. The summed E-state index contributed by atoms with van der Waals surface area (Å²) in [4.78, 5) is 12.7. The Labute approximate surface area is 117 Å². The molecule has 0 fully saturated rings. The Morgan fingerprint density at radius 2 is 2.42 bits per heavy atom. The van der Waals surface area contributed by atoms with E-state index in [4.69, 9.17) is 0 Å². The van der Waals surface area contributed by atoms with Crippen LogP contribution < -0.4 is 0 Å². The second kappa shape index (κ2) is 5.29. The average molecular weight is 274 g/mol. The molecule has 0 radical (unpaired) electrons. The minimum absolute atomic E-state index is 0.771. The number of fused-ring (bicyclic) bond motifs is 1. The Kier molecular flexibility index (Phi) is 3.51. The smallest absolute Gasteiger partial charge is 0.160 e. The third kappa shape index (κ3) is 2.37. The van der Waals surface area contributed by atoms with Crippen LogP contribution in [-0.2, 0) is 12.8 Å². The van der Waals surface area contributed by atoms with Crippen LogP contribution in [0.4, 0.5) is 0 Å². The summed E-state index contributed by atoms with van der Waals surface area (Å²) in [5.74, 6) is 0.791. The summed E-state index contributed by atoms with van der Waals surface area (Å²) in [7, 11) is 0. The van der Waals surface area contributed by atoms with E-state index in [1.165, 1.54) is 41.9 Å². The lowest BCUT2D eigenvalue weighted by Crippen LogP contribution is -2.13. The van der Waals surface area contributed by atoms with Crippen LogP contribution in [0.1, 0.15) is 47.1 Å². The van der Waals surface area contributed by atoms with Crippen molar-refractivity contribution in [1.82, 2.24) is 10.2 Å². The summed E-state index contributed by atoms with van der Waals surface area (Å²) in [5, 5.41) is 7.66. The molecule has 1 N–H and O–H groups in total. The number of nitrogens with one attached hydrogen (secondary N) is 1. The maximum atomic E-state index is 10.8. The standard InChI is InChI=1S/C15H18N2OS/c1-2-3-10-4-6-13-12(8-10)15(17-16-13)14-7-5-11(9-18)19-14/h5,7,9-10H,2-4,6,8H2,1H3,(H,16,17). The highest BCUT2D eigenvalue weighted by atomic mass is 32.1. The van der Waals surface area contributed by atoms with Crippen LogP contribution in [0.2, 0.25) is 0 Å². The van der Waals surface area contributed by atoms with Gasteiger partial charge in [0.15, 0.2) is 6.29 Å². The molecule has 0 bridgehead atoms. The van der Waals surface area contributed by atoms with Crippen molar-refractivity contribution in [3.8, 4) is 10.6 Å². The highest BCUT2D eigenvalue weighted by molar-refractivity contribution is 7.17. The summed E-state index contributed by atoms with van der Waals surface area (Å²) in [5.41, 5.74) is 3.74. The molecule has 0 aromatic carbocycles. The van der Waals surface area contributed by atoms with Gasteiger partial charge >= 0.3 is 0 Å². The first kappa shape index (κ1) is 12.6. The number of thiophene rings is 1. The number of nitrogens with zero attached hydrogens (tertiary/aromatic N) is 1. The van der Waals surface area contributed by atoms with Crippen LogP contribution >= 0.6 is 11.3 Å². The molecule has 0 amide bonds. The molecule has 1 atom stereocenters. The summed E-state index contributed by atoms with van der Waals surface area (Å²) >= 11 is 1.53. The molecule has 0 spiro atoms. The first-order chi connectivity index (χ1) is 9.31. The van der Waals surface area contributed by atoms with Crippen molar-refractivity contribution in [2.75, 3.05) is 0 Å². The zero-order valence-electron chi connectivity index (χ0n) is 11.1. The molecule has 1 unspecified atom stereocenters. The summed E-state index contributed by atoms with van der Waals surface area (Å²) in [6.45, 7) is 2.25. The van der Waals surface area contributed by atoms with E-state index >= 15 is 0 Å². The molecular weight excluding hydrogens is 256 g/mol. The van der Waals surface area contributed by atoms with Gasteiger partial charge in [0.1, 0.15) is 5.69 Å². The highest BCUT2D eigenvalue weighted by Gasteiger charge is 2.24. The van der Waals surface area contributed by atoms with Crippen LogP contribution in [0.3, 0.4) is 0 Å². The first-order valence-electron chi connectivity index (χ1n) is 6.93. The van der Waals surface area contributed by atoms with E-state index in [0.29, 0.717) is 0 Å². The summed E-state index contributed by atoms with van der Waals surface area (Å²) < 4.78 is 0. The quantitative estimate of drug-likeness (QED) is 0.861. The van der Waals surface area contributed by atoms with Gasteiger partial charge in [-0.1, -0.05) is 19.8 Å². The van der Waals surface area contributed by atoms with Gasteiger partial charge in [-0.3, -0.25) is 9.89 Å². The van der Waals surface area contributed by atoms with Gasteiger partial charge in [0.05, 0.1) is 9.75 Å². The molecule has 2 heterocycles. The Morgan fingerprint density at radius 1 is 1.53 bits per heavy atom. The van der Waals surface area contributed by atoms with Gasteiger partial charge < -0.3 is 0 Å². The Bertz CT molecular complexity index is 585. The van der Waals surface area contributed by atoms with Crippen LogP contribution in [-0.4, -0.2) is 16.5 Å². The fourth-order valence-electron chi connectivity index (χ4n) is 2.97. The zero-order valence-corrected chi connectivity index (χ0v) is 11.9. The predicted molar refractivity (Wildman–Crippen MR) is 77.7 cm³/mol. The summed E-state index contributed by atoms with van der Waals surface area (Å²) in [6, 6.07) is 3.88. The molecule has 0 saturated heterocycles. The van der Waals surface area contributed by atoms with Gasteiger partial charge in [-0.05, 0) is 37.3 Å². The number of carbonyl (C=O) groups excluding carboxylic acids is 1.